The lowest BCUT2D eigenvalue weighted by atomic mass is 10.1. The smallest absolute Gasteiger partial charge is 0.251 e. The van der Waals surface area contributed by atoms with Gasteiger partial charge in [-0.3, -0.25) is 4.79 Å². The number of amides is 1. The number of benzene rings is 1. The fraction of sp³-hybridized carbons (Fsp3) is 0.462. The van der Waals surface area contributed by atoms with E-state index in [1.54, 1.807) is 31.4 Å². The summed E-state index contributed by atoms with van der Waals surface area (Å²) in [5.41, 5.74) is 1.03. The van der Waals surface area contributed by atoms with Crippen LogP contribution in [0.1, 0.15) is 15.9 Å². The van der Waals surface area contributed by atoms with Gasteiger partial charge in [0.15, 0.2) is 0 Å². The van der Waals surface area contributed by atoms with E-state index in [0.717, 1.165) is 6.54 Å². The van der Waals surface area contributed by atoms with Gasteiger partial charge in [-0.15, -0.1) is 0 Å². The van der Waals surface area contributed by atoms with Crippen LogP contribution in [-0.2, 0) is 20.5 Å². The molecule has 0 fully saturated rings. The summed E-state index contributed by atoms with van der Waals surface area (Å²) in [6.07, 6.45) is 0. The van der Waals surface area contributed by atoms with E-state index >= 15 is 0 Å². The fourth-order valence-corrected chi connectivity index (χ4v) is 2.31. The Labute approximate surface area is 124 Å². The van der Waals surface area contributed by atoms with Gasteiger partial charge in [0.1, 0.15) is 0 Å². The van der Waals surface area contributed by atoms with Crippen LogP contribution in [0, 0.1) is 0 Å². The van der Waals surface area contributed by atoms with Gasteiger partial charge in [-0.05, 0) is 17.7 Å². The molecule has 0 unspecified atom stereocenters. The molecule has 0 heterocycles. The van der Waals surface area contributed by atoms with Crippen LogP contribution < -0.4 is 15.8 Å². The summed E-state index contributed by atoms with van der Waals surface area (Å²) < 4.78 is 26.8. The van der Waals surface area contributed by atoms with E-state index in [1.807, 2.05) is 0 Å². The van der Waals surface area contributed by atoms with Crippen molar-refractivity contribution in [3.8, 4) is 0 Å². The lowest BCUT2D eigenvalue weighted by molar-refractivity contribution is 0.0953. The quantitative estimate of drug-likeness (QED) is 0.529. The van der Waals surface area contributed by atoms with Crippen LogP contribution in [0.5, 0.6) is 0 Å². The maximum absolute atomic E-state index is 11.8. The van der Waals surface area contributed by atoms with Crippen LogP contribution in [-0.4, -0.2) is 47.7 Å². The summed E-state index contributed by atoms with van der Waals surface area (Å²) in [5.74, 6) is -0.441. The molecule has 7 nitrogen and oxygen atoms in total. The van der Waals surface area contributed by atoms with Gasteiger partial charge in [0.25, 0.3) is 5.91 Å². The number of rotatable bonds is 9. The Morgan fingerprint density at radius 3 is 2.43 bits per heavy atom. The Bertz CT molecular complexity index is 543. The molecule has 1 aromatic carbocycles. The topological polar surface area (TPSA) is 111 Å². The minimum absolute atomic E-state index is 0.203. The zero-order valence-corrected chi connectivity index (χ0v) is 12.8. The van der Waals surface area contributed by atoms with Crippen LogP contribution in [0.25, 0.3) is 0 Å². The summed E-state index contributed by atoms with van der Waals surface area (Å²) in [6.45, 7) is 2.51. The lowest BCUT2D eigenvalue weighted by Crippen LogP contribution is -2.33. The van der Waals surface area contributed by atoms with Crippen LogP contribution in [0.2, 0.25) is 0 Å². The fourth-order valence-electron chi connectivity index (χ4n) is 1.65. The van der Waals surface area contributed by atoms with Gasteiger partial charge in [0.2, 0.25) is 10.0 Å². The summed E-state index contributed by atoms with van der Waals surface area (Å²) >= 11 is 0. The molecule has 0 atom stereocenters. The third kappa shape index (κ3) is 7.76. The van der Waals surface area contributed by atoms with Gasteiger partial charge < -0.3 is 15.4 Å². The predicted molar refractivity (Wildman–Crippen MR) is 80.3 cm³/mol. The first-order valence-corrected chi connectivity index (χ1v) is 8.21. The number of carbonyl (C=O) groups excluding carboxylic acids is 1. The summed E-state index contributed by atoms with van der Waals surface area (Å²) in [4.78, 5) is 11.8. The molecule has 0 saturated carbocycles. The second kappa shape index (κ2) is 8.73. The van der Waals surface area contributed by atoms with Crippen molar-refractivity contribution in [1.82, 2.24) is 10.6 Å². The summed E-state index contributed by atoms with van der Waals surface area (Å²) in [5, 5.41) is 10.8. The second-order valence-corrected chi connectivity index (χ2v) is 6.12. The van der Waals surface area contributed by atoms with E-state index in [9.17, 15) is 13.2 Å². The molecule has 8 heteroatoms. The van der Waals surface area contributed by atoms with E-state index in [1.165, 1.54) is 0 Å². The number of primary sulfonamides is 1. The number of sulfonamides is 1. The first-order valence-electron chi connectivity index (χ1n) is 6.49. The first kappa shape index (κ1) is 17.6. The number of ether oxygens (including phenoxy) is 1. The monoisotopic (exact) mass is 315 g/mol. The van der Waals surface area contributed by atoms with E-state index < -0.39 is 10.0 Å². The van der Waals surface area contributed by atoms with Crippen molar-refractivity contribution in [3.05, 3.63) is 35.4 Å². The van der Waals surface area contributed by atoms with Crippen molar-refractivity contribution >= 4 is 15.9 Å². The van der Waals surface area contributed by atoms with E-state index in [-0.39, 0.29) is 11.7 Å². The maximum atomic E-state index is 11.8. The van der Waals surface area contributed by atoms with Crippen molar-refractivity contribution in [2.24, 2.45) is 5.14 Å². The Balaban J connectivity index is 2.38. The Morgan fingerprint density at radius 1 is 1.19 bits per heavy atom. The molecule has 0 radical (unpaired) electrons. The molecular formula is C13H21N3O4S. The van der Waals surface area contributed by atoms with Gasteiger partial charge in [-0.2, -0.15) is 0 Å². The molecule has 21 heavy (non-hydrogen) atoms. The van der Waals surface area contributed by atoms with Crippen molar-refractivity contribution in [1.29, 1.82) is 0 Å². The van der Waals surface area contributed by atoms with Crippen molar-refractivity contribution < 1.29 is 17.9 Å². The Hall–Kier alpha value is -1.48. The molecule has 4 N–H and O–H groups in total. The minimum Gasteiger partial charge on any atom is -0.383 e. The van der Waals surface area contributed by atoms with E-state index in [0.29, 0.717) is 30.8 Å². The second-order valence-electron chi connectivity index (χ2n) is 4.50. The molecule has 0 bridgehead atoms. The number of methoxy groups -OCH3 is 1. The van der Waals surface area contributed by atoms with E-state index in [4.69, 9.17) is 9.88 Å². The number of hydrogen-bond donors (Lipinski definition) is 3. The van der Waals surface area contributed by atoms with Gasteiger partial charge in [0, 0.05) is 32.3 Å². The zero-order valence-electron chi connectivity index (χ0n) is 12.0. The van der Waals surface area contributed by atoms with Crippen LogP contribution in [0.15, 0.2) is 24.3 Å². The highest BCUT2D eigenvalue weighted by Crippen LogP contribution is 2.06. The highest BCUT2D eigenvalue weighted by molar-refractivity contribution is 7.88. The lowest BCUT2D eigenvalue weighted by Gasteiger charge is -2.07. The van der Waals surface area contributed by atoms with Crippen LogP contribution >= 0.6 is 0 Å². The van der Waals surface area contributed by atoms with Gasteiger partial charge in [0.05, 0.1) is 12.4 Å². The van der Waals surface area contributed by atoms with Crippen molar-refractivity contribution in [2.75, 3.05) is 33.4 Å². The van der Waals surface area contributed by atoms with Crippen LogP contribution in [0.3, 0.4) is 0 Å². The molecular weight excluding hydrogens is 294 g/mol. The molecule has 0 spiro atoms. The third-order valence-electron chi connectivity index (χ3n) is 2.65. The molecule has 0 aliphatic carbocycles. The number of nitrogens with two attached hydrogens (primary N) is 1. The normalized spacial score (nSPS) is 11.3. The summed E-state index contributed by atoms with van der Waals surface area (Å²) in [6, 6.07) is 6.31. The zero-order chi connectivity index (χ0) is 15.7. The molecule has 1 rings (SSSR count). The number of hydrogen-bond acceptors (Lipinski definition) is 5. The van der Waals surface area contributed by atoms with Crippen molar-refractivity contribution in [2.45, 2.75) is 5.75 Å². The minimum atomic E-state index is -3.55. The summed E-state index contributed by atoms with van der Waals surface area (Å²) in [7, 11) is -1.93. The van der Waals surface area contributed by atoms with Gasteiger partial charge in [-0.1, -0.05) is 12.1 Å². The Kier molecular flexibility index (Phi) is 7.30. The largest absolute Gasteiger partial charge is 0.383 e. The van der Waals surface area contributed by atoms with E-state index in [2.05, 4.69) is 10.6 Å². The SMILES string of the molecule is COCCNCCNC(=O)c1ccc(CS(N)(=O)=O)cc1. The number of carbonyl (C=O) groups is 1. The average Bonchev–Trinajstić information content (AvgIpc) is 2.41. The van der Waals surface area contributed by atoms with Crippen molar-refractivity contribution in [3.63, 3.8) is 0 Å². The van der Waals surface area contributed by atoms with Gasteiger partial charge >= 0.3 is 0 Å². The molecule has 1 aromatic rings. The highest BCUT2D eigenvalue weighted by Gasteiger charge is 2.07. The van der Waals surface area contributed by atoms with Crippen LogP contribution in [0.4, 0.5) is 0 Å². The van der Waals surface area contributed by atoms with Gasteiger partial charge in [-0.25, -0.2) is 13.6 Å². The molecule has 1 amide bonds. The highest BCUT2D eigenvalue weighted by atomic mass is 32.2. The molecule has 0 aromatic heterocycles. The molecule has 0 saturated heterocycles. The molecule has 0 aliphatic rings. The molecule has 118 valence electrons. The number of nitrogens with one attached hydrogen (secondary N) is 2. The third-order valence-corrected chi connectivity index (χ3v) is 3.39. The predicted octanol–water partition coefficient (Wildman–Crippen LogP) is -0.559. The first-order chi connectivity index (χ1) is 9.92. The Morgan fingerprint density at radius 2 is 1.86 bits per heavy atom. The average molecular weight is 315 g/mol. The molecule has 0 aliphatic heterocycles. The maximum Gasteiger partial charge on any atom is 0.251 e. The standard InChI is InChI=1S/C13H21N3O4S/c1-20-9-8-15-6-7-16-13(17)12-4-2-11(3-5-12)10-21(14,18)19/h2-5,15H,6-10H2,1H3,(H,16,17)(H2,14,18,19).